The van der Waals surface area contributed by atoms with Crippen LogP contribution >= 0.6 is 0 Å². The van der Waals surface area contributed by atoms with Crippen LogP contribution in [0.5, 0.6) is 0 Å². The highest BCUT2D eigenvalue weighted by molar-refractivity contribution is 5.92. The number of methoxy groups -OCH3 is 1. The summed E-state index contributed by atoms with van der Waals surface area (Å²) in [6.07, 6.45) is 10.9. The van der Waals surface area contributed by atoms with Gasteiger partial charge in [0.15, 0.2) is 5.78 Å². The number of aldehydes is 1. The van der Waals surface area contributed by atoms with Crippen LogP contribution < -0.4 is 0 Å². The minimum atomic E-state index is -0.479. The maximum absolute atomic E-state index is 11.8. The van der Waals surface area contributed by atoms with Gasteiger partial charge in [0.25, 0.3) is 0 Å². The predicted molar refractivity (Wildman–Crippen MR) is 133 cm³/mol. The molecule has 4 aliphatic rings. The van der Waals surface area contributed by atoms with Gasteiger partial charge >= 0.3 is 5.97 Å². The number of ether oxygens (including phenoxy) is 1. The Morgan fingerprint density at radius 2 is 1.82 bits per heavy atom. The number of ketones is 1. The first kappa shape index (κ1) is 29.0. The van der Waals surface area contributed by atoms with Gasteiger partial charge in [0.2, 0.25) is 0 Å². The second-order valence-electron chi connectivity index (χ2n) is 9.52. The SMILES string of the molecule is CC.CC1CC=C2C3=C(CCC21C)C1(C)CCC(=O)C=C1[C@@H](O)C3.CCC=O.COC(C)=O. The average molecular weight is 461 g/mol. The topological polar surface area (TPSA) is 80.7 Å². The Hall–Kier alpha value is -2.01. The van der Waals surface area contributed by atoms with E-state index in [9.17, 15) is 19.5 Å². The molecule has 0 radical (unpaired) electrons. The zero-order chi connectivity index (χ0) is 25.4. The molecule has 33 heavy (non-hydrogen) atoms. The lowest BCUT2D eigenvalue weighted by Gasteiger charge is -2.50. The van der Waals surface area contributed by atoms with Gasteiger partial charge in [-0.3, -0.25) is 9.59 Å². The van der Waals surface area contributed by atoms with Crippen LogP contribution in [0.15, 0.2) is 34.4 Å². The molecule has 4 aliphatic carbocycles. The summed E-state index contributed by atoms with van der Waals surface area (Å²) in [5.41, 5.74) is 5.65. The number of hydrogen-bond acceptors (Lipinski definition) is 5. The largest absolute Gasteiger partial charge is 0.469 e. The fourth-order valence-electron chi connectivity index (χ4n) is 5.46. The molecule has 0 saturated carbocycles. The number of rotatable bonds is 1. The van der Waals surface area contributed by atoms with E-state index in [4.69, 9.17) is 0 Å². The lowest BCUT2D eigenvalue weighted by Crippen LogP contribution is -2.42. The Bertz CT molecular complexity index is 818. The van der Waals surface area contributed by atoms with E-state index in [1.807, 2.05) is 20.8 Å². The summed E-state index contributed by atoms with van der Waals surface area (Å²) >= 11 is 0. The standard InChI is InChI=1S/C20H26O2.C3H6O2.C3H6O.C2H6/c1-12-4-5-15-14-11-18(22)17-10-13(21)6-8-20(17,3)16(14)7-9-19(12,15)2;1-3(4)5-2;1-2-3-4;1-2/h5,10,12,18,22H,4,6-9,11H2,1-3H3;1-2H3;3H,2H2,1H3;1-2H3/t12?,18-,19?,20?;;;/m0.../s1. The molecule has 0 aliphatic heterocycles. The Kier molecular flexibility index (Phi) is 11.0. The van der Waals surface area contributed by atoms with Crippen molar-refractivity contribution < 1.29 is 24.2 Å². The van der Waals surface area contributed by atoms with Crippen molar-refractivity contribution in [2.24, 2.45) is 16.7 Å². The van der Waals surface area contributed by atoms with Crippen molar-refractivity contribution in [3.8, 4) is 0 Å². The van der Waals surface area contributed by atoms with E-state index in [2.05, 4.69) is 31.6 Å². The molecule has 0 saturated heterocycles. The number of allylic oxidation sites excluding steroid dienone is 4. The number of fused-ring (bicyclic) bond motifs is 4. The van der Waals surface area contributed by atoms with Gasteiger partial charge in [-0.2, -0.15) is 0 Å². The first-order valence-corrected chi connectivity index (χ1v) is 12.4. The molecule has 0 spiro atoms. The van der Waals surface area contributed by atoms with E-state index in [1.54, 1.807) is 6.08 Å². The maximum Gasteiger partial charge on any atom is 0.302 e. The summed E-state index contributed by atoms with van der Waals surface area (Å²) in [6, 6.07) is 0. The molecule has 3 unspecified atom stereocenters. The van der Waals surface area contributed by atoms with Crippen molar-refractivity contribution in [2.45, 2.75) is 99.5 Å². The molecule has 1 N–H and O–H groups in total. The highest BCUT2D eigenvalue weighted by Gasteiger charge is 2.51. The lowest BCUT2D eigenvalue weighted by atomic mass is 9.54. The Morgan fingerprint density at radius 1 is 1.24 bits per heavy atom. The van der Waals surface area contributed by atoms with Gasteiger partial charge in [0, 0.05) is 31.6 Å². The summed E-state index contributed by atoms with van der Waals surface area (Å²) in [7, 11) is 1.35. The second-order valence-corrected chi connectivity index (χ2v) is 9.52. The van der Waals surface area contributed by atoms with Crippen molar-refractivity contribution in [2.75, 3.05) is 7.11 Å². The van der Waals surface area contributed by atoms with Gasteiger partial charge in [0.1, 0.15) is 6.29 Å². The fourth-order valence-corrected chi connectivity index (χ4v) is 5.46. The first-order chi connectivity index (χ1) is 15.5. The van der Waals surface area contributed by atoms with Gasteiger partial charge in [-0.05, 0) is 59.8 Å². The van der Waals surface area contributed by atoms with Crippen LogP contribution in [0.1, 0.15) is 93.4 Å². The third-order valence-electron chi connectivity index (χ3n) is 7.66. The molecule has 0 heterocycles. The Balaban J connectivity index is 0.000000421. The summed E-state index contributed by atoms with van der Waals surface area (Å²) in [5.74, 6) is 0.640. The molecule has 4 atom stereocenters. The van der Waals surface area contributed by atoms with E-state index >= 15 is 0 Å². The normalized spacial score (nSPS) is 31.4. The molecule has 5 nitrogen and oxygen atoms in total. The number of carbonyl (C=O) groups is 3. The van der Waals surface area contributed by atoms with E-state index < -0.39 is 6.10 Å². The molecule has 4 rings (SSSR count). The summed E-state index contributed by atoms with van der Waals surface area (Å²) < 4.78 is 4.11. The van der Waals surface area contributed by atoms with Gasteiger partial charge in [0.05, 0.1) is 13.2 Å². The van der Waals surface area contributed by atoms with E-state index in [0.29, 0.717) is 30.6 Å². The highest BCUT2D eigenvalue weighted by atomic mass is 16.5. The van der Waals surface area contributed by atoms with Crippen LogP contribution in [0.25, 0.3) is 0 Å². The number of esters is 1. The molecule has 0 aromatic rings. The molecule has 5 heteroatoms. The third kappa shape index (κ3) is 6.11. The summed E-state index contributed by atoms with van der Waals surface area (Å²) in [4.78, 5) is 30.6. The number of carbonyl (C=O) groups excluding carboxylic acids is 3. The van der Waals surface area contributed by atoms with Crippen molar-refractivity contribution >= 4 is 18.0 Å². The zero-order valence-corrected chi connectivity index (χ0v) is 21.9. The van der Waals surface area contributed by atoms with Gasteiger partial charge < -0.3 is 14.6 Å². The van der Waals surface area contributed by atoms with Gasteiger partial charge in [-0.1, -0.05) is 53.2 Å². The fraction of sp³-hybridized carbons (Fsp3) is 0.679. The van der Waals surface area contributed by atoms with E-state index in [-0.39, 0.29) is 17.2 Å². The van der Waals surface area contributed by atoms with Crippen molar-refractivity contribution in [3.63, 3.8) is 0 Å². The minimum absolute atomic E-state index is 0.0884. The highest BCUT2D eigenvalue weighted by Crippen LogP contribution is 2.61. The smallest absolute Gasteiger partial charge is 0.302 e. The van der Waals surface area contributed by atoms with Gasteiger partial charge in [-0.15, -0.1) is 0 Å². The van der Waals surface area contributed by atoms with Crippen LogP contribution in [0, 0.1) is 16.7 Å². The zero-order valence-electron chi connectivity index (χ0n) is 21.9. The minimum Gasteiger partial charge on any atom is -0.469 e. The Labute approximate surface area is 200 Å². The molecule has 0 aromatic carbocycles. The molecular weight excluding hydrogens is 416 g/mol. The van der Waals surface area contributed by atoms with Crippen LogP contribution in [-0.2, 0) is 19.1 Å². The molecule has 0 fully saturated rings. The second kappa shape index (κ2) is 12.5. The maximum atomic E-state index is 11.8. The van der Waals surface area contributed by atoms with E-state index in [1.165, 1.54) is 37.2 Å². The molecule has 0 bridgehead atoms. The third-order valence-corrected chi connectivity index (χ3v) is 7.66. The number of aliphatic hydroxyl groups excluding tert-OH is 1. The van der Waals surface area contributed by atoms with Crippen LogP contribution in [0.3, 0.4) is 0 Å². The number of hydrogen-bond donors (Lipinski definition) is 1. The lowest BCUT2D eigenvalue weighted by molar-refractivity contribution is -0.138. The molecule has 0 amide bonds. The van der Waals surface area contributed by atoms with Crippen molar-refractivity contribution in [1.82, 2.24) is 0 Å². The van der Waals surface area contributed by atoms with E-state index in [0.717, 1.165) is 31.1 Å². The van der Waals surface area contributed by atoms with Gasteiger partial charge in [-0.25, -0.2) is 0 Å². The summed E-state index contributed by atoms with van der Waals surface area (Å²) in [5, 5.41) is 10.7. The number of aliphatic hydroxyl groups is 1. The Morgan fingerprint density at radius 3 is 2.33 bits per heavy atom. The van der Waals surface area contributed by atoms with Crippen LogP contribution in [0.4, 0.5) is 0 Å². The quantitative estimate of drug-likeness (QED) is 0.389. The van der Waals surface area contributed by atoms with Crippen molar-refractivity contribution in [1.29, 1.82) is 0 Å². The van der Waals surface area contributed by atoms with Crippen LogP contribution in [-0.4, -0.2) is 36.4 Å². The monoisotopic (exact) mass is 460 g/mol. The average Bonchev–Trinajstić information content (AvgIpc) is 3.11. The molecule has 186 valence electrons. The predicted octanol–water partition coefficient (Wildman–Crippen LogP) is 5.91. The first-order valence-electron chi connectivity index (χ1n) is 12.4. The molecule has 0 aromatic heterocycles. The summed E-state index contributed by atoms with van der Waals surface area (Å²) in [6.45, 7) is 14.2. The van der Waals surface area contributed by atoms with Crippen molar-refractivity contribution in [3.05, 3.63) is 34.4 Å². The van der Waals surface area contributed by atoms with Crippen LogP contribution in [0.2, 0.25) is 0 Å². The molecular formula is C28H44O5.